The molecule has 3 unspecified atom stereocenters. The lowest BCUT2D eigenvalue weighted by molar-refractivity contribution is -0.135. The molecular formula is C18H28N2O. The van der Waals surface area contributed by atoms with Crippen LogP contribution in [0.25, 0.3) is 0 Å². The maximum atomic E-state index is 12.7. The number of benzene rings is 1. The van der Waals surface area contributed by atoms with Crippen molar-refractivity contribution in [1.29, 1.82) is 0 Å². The molecule has 1 aromatic carbocycles. The highest BCUT2D eigenvalue weighted by molar-refractivity contribution is 5.78. The number of nitrogens with zero attached hydrogens (tertiary/aromatic N) is 1. The van der Waals surface area contributed by atoms with E-state index in [1.54, 1.807) is 0 Å². The van der Waals surface area contributed by atoms with E-state index in [4.69, 9.17) is 5.73 Å². The first-order valence-corrected chi connectivity index (χ1v) is 8.16. The van der Waals surface area contributed by atoms with E-state index in [9.17, 15) is 4.79 Å². The molecular weight excluding hydrogens is 260 g/mol. The summed E-state index contributed by atoms with van der Waals surface area (Å²) in [6.45, 7) is 6.59. The number of amides is 1. The largest absolute Gasteiger partial charge is 0.337 e. The van der Waals surface area contributed by atoms with Crippen LogP contribution in [0.1, 0.15) is 58.1 Å². The number of hydrogen-bond donors (Lipinski definition) is 1. The molecule has 1 aromatic rings. The molecule has 1 aliphatic carbocycles. The van der Waals surface area contributed by atoms with Gasteiger partial charge in [0.2, 0.25) is 5.91 Å². The summed E-state index contributed by atoms with van der Waals surface area (Å²) in [6, 6.07) is 10.5. The highest BCUT2D eigenvalue weighted by atomic mass is 16.2. The van der Waals surface area contributed by atoms with Gasteiger partial charge >= 0.3 is 0 Å². The first kappa shape index (κ1) is 16.0. The molecule has 1 fully saturated rings. The monoisotopic (exact) mass is 288 g/mol. The molecule has 2 N–H and O–H groups in total. The number of rotatable bonds is 7. The third-order valence-corrected chi connectivity index (χ3v) is 4.76. The molecule has 0 heterocycles. The molecule has 1 saturated carbocycles. The van der Waals surface area contributed by atoms with E-state index in [1.807, 2.05) is 30.3 Å². The van der Waals surface area contributed by atoms with Gasteiger partial charge in [0.1, 0.15) is 0 Å². The molecule has 0 radical (unpaired) electrons. The van der Waals surface area contributed by atoms with Gasteiger partial charge in [0, 0.05) is 24.5 Å². The molecule has 3 atom stereocenters. The fourth-order valence-corrected chi connectivity index (χ4v) is 2.84. The van der Waals surface area contributed by atoms with Crippen LogP contribution in [0.15, 0.2) is 30.3 Å². The van der Waals surface area contributed by atoms with Crippen LogP contribution in [0.5, 0.6) is 0 Å². The summed E-state index contributed by atoms with van der Waals surface area (Å²) in [7, 11) is 0. The van der Waals surface area contributed by atoms with Crippen LogP contribution in [0, 0.1) is 5.92 Å². The zero-order valence-electron chi connectivity index (χ0n) is 13.5. The second kappa shape index (κ2) is 7.08. The second-order valence-electron chi connectivity index (χ2n) is 6.38. The van der Waals surface area contributed by atoms with Crippen LogP contribution in [0.4, 0.5) is 0 Å². The Hall–Kier alpha value is -1.35. The van der Waals surface area contributed by atoms with Crippen molar-refractivity contribution >= 4 is 5.91 Å². The molecule has 21 heavy (non-hydrogen) atoms. The van der Waals surface area contributed by atoms with Crippen LogP contribution in [-0.2, 0) is 4.79 Å². The third-order valence-electron chi connectivity index (χ3n) is 4.76. The van der Waals surface area contributed by atoms with Crippen molar-refractivity contribution in [3.8, 4) is 0 Å². The van der Waals surface area contributed by atoms with E-state index in [-0.39, 0.29) is 11.9 Å². The van der Waals surface area contributed by atoms with Crippen molar-refractivity contribution in [2.75, 3.05) is 0 Å². The molecule has 116 valence electrons. The smallest absolute Gasteiger partial charge is 0.224 e. The van der Waals surface area contributed by atoms with Crippen molar-refractivity contribution in [3.63, 3.8) is 0 Å². The second-order valence-corrected chi connectivity index (χ2v) is 6.38. The Morgan fingerprint density at radius 3 is 2.43 bits per heavy atom. The summed E-state index contributed by atoms with van der Waals surface area (Å²) < 4.78 is 0. The van der Waals surface area contributed by atoms with Crippen LogP contribution >= 0.6 is 0 Å². The quantitative estimate of drug-likeness (QED) is 0.834. The van der Waals surface area contributed by atoms with Gasteiger partial charge in [-0.3, -0.25) is 4.79 Å². The Balaban J connectivity index is 2.02. The van der Waals surface area contributed by atoms with Gasteiger partial charge in [-0.05, 0) is 31.2 Å². The zero-order chi connectivity index (χ0) is 15.4. The number of hydrogen-bond acceptors (Lipinski definition) is 2. The van der Waals surface area contributed by atoms with E-state index in [0.29, 0.717) is 24.4 Å². The normalized spacial score (nSPS) is 18.9. The Kier molecular flexibility index (Phi) is 5.40. The van der Waals surface area contributed by atoms with Crippen LogP contribution in [-0.4, -0.2) is 22.9 Å². The van der Waals surface area contributed by atoms with E-state index in [0.717, 1.165) is 24.8 Å². The number of nitrogens with two attached hydrogens (primary N) is 1. The predicted molar refractivity (Wildman–Crippen MR) is 86.8 cm³/mol. The lowest BCUT2D eigenvalue weighted by Crippen LogP contribution is -2.44. The Labute approximate surface area is 128 Å². The highest BCUT2D eigenvalue weighted by Crippen LogP contribution is 2.32. The maximum Gasteiger partial charge on any atom is 0.224 e. The van der Waals surface area contributed by atoms with Crippen molar-refractivity contribution in [3.05, 3.63) is 35.9 Å². The lowest BCUT2D eigenvalue weighted by atomic mass is 9.97. The Morgan fingerprint density at radius 2 is 1.90 bits per heavy atom. The summed E-state index contributed by atoms with van der Waals surface area (Å²) in [5, 5.41) is 0. The van der Waals surface area contributed by atoms with E-state index in [1.165, 1.54) is 0 Å². The standard InChI is InChI=1S/C18H28N2O/c1-4-13(2)14(3)20(16-10-11-16)18(21)12-17(19)15-8-6-5-7-9-15/h5-9,13-14,16-17H,4,10-12,19H2,1-3H3. The average Bonchev–Trinajstić information content (AvgIpc) is 3.32. The summed E-state index contributed by atoms with van der Waals surface area (Å²) in [6.07, 6.45) is 3.80. The summed E-state index contributed by atoms with van der Waals surface area (Å²) in [5.41, 5.74) is 7.26. The Morgan fingerprint density at radius 1 is 1.29 bits per heavy atom. The molecule has 0 aliphatic heterocycles. The fraction of sp³-hybridized carbons (Fsp3) is 0.611. The SMILES string of the molecule is CCC(C)C(C)N(C(=O)CC(N)c1ccccc1)C1CC1. The highest BCUT2D eigenvalue weighted by Gasteiger charge is 2.37. The van der Waals surface area contributed by atoms with Gasteiger partial charge in [0.15, 0.2) is 0 Å². The summed E-state index contributed by atoms with van der Waals surface area (Å²) >= 11 is 0. The van der Waals surface area contributed by atoms with Crippen molar-refractivity contribution in [2.45, 2.75) is 64.6 Å². The van der Waals surface area contributed by atoms with Crippen LogP contribution in [0.3, 0.4) is 0 Å². The molecule has 0 bridgehead atoms. The molecule has 3 heteroatoms. The predicted octanol–water partition coefficient (Wildman–Crippen LogP) is 3.50. The molecule has 0 spiro atoms. The maximum absolute atomic E-state index is 12.7. The van der Waals surface area contributed by atoms with Crippen LogP contribution < -0.4 is 5.73 Å². The zero-order valence-corrected chi connectivity index (χ0v) is 13.5. The van der Waals surface area contributed by atoms with Gasteiger partial charge in [0.25, 0.3) is 0 Å². The van der Waals surface area contributed by atoms with Gasteiger partial charge in [-0.25, -0.2) is 0 Å². The summed E-state index contributed by atoms with van der Waals surface area (Å²) in [4.78, 5) is 14.8. The van der Waals surface area contributed by atoms with Gasteiger partial charge in [-0.2, -0.15) is 0 Å². The van der Waals surface area contributed by atoms with Crippen LogP contribution in [0.2, 0.25) is 0 Å². The third kappa shape index (κ3) is 4.07. The molecule has 1 aliphatic rings. The molecule has 0 aromatic heterocycles. The molecule has 0 saturated heterocycles. The van der Waals surface area contributed by atoms with Gasteiger partial charge in [-0.15, -0.1) is 0 Å². The minimum Gasteiger partial charge on any atom is -0.337 e. The van der Waals surface area contributed by atoms with Gasteiger partial charge in [-0.1, -0.05) is 50.6 Å². The van der Waals surface area contributed by atoms with E-state index in [2.05, 4.69) is 25.7 Å². The number of carbonyl (C=O) groups is 1. The van der Waals surface area contributed by atoms with Gasteiger partial charge < -0.3 is 10.6 Å². The Bertz CT molecular complexity index is 456. The van der Waals surface area contributed by atoms with E-state index >= 15 is 0 Å². The topological polar surface area (TPSA) is 46.3 Å². The lowest BCUT2D eigenvalue weighted by Gasteiger charge is -2.34. The van der Waals surface area contributed by atoms with E-state index < -0.39 is 0 Å². The first-order valence-electron chi connectivity index (χ1n) is 8.16. The van der Waals surface area contributed by atoms with Crippen molar-refractivity contribution < 1.29 is 4.79 Å². The minimum absolute atomic E-state index is 0.205. The number of carbonyl (C=O) groups excluding carboxylic acids is 1. The average molecular weight is 288 g/mol. The van der Waals surface area contributed by atoms with Gasteiger partial charge in [0.05, 0.1) is 0 Å². The fourth-order valence-electron chi connectivity index (χ4n) is 2.84. The summed E-state index contributed by atoms with van der Waals surface area (Å²) in [5.74, 6) is 0.740. The first-order chi connectivity index (χ1) is 10.0. The minimum atomic E-state index is -0.205. The molecule has 1 amide bonds. The molecule has 3 nitrogen and oxygen atoms in total. The van der Waals surface area contributed by atoms with Crippen molar-refractivity contribution in [1.82, 2.24) is 4.90 Å². The molecule has 2 rings (SSSR count). The van der Waals surface area contributed by atoms with Crippen molar-refractivity contribution in [2.24, 2.45) is 11.7 Å².